The third-order valence-corrected chi connectivity index (χ3v) is 3.99. The molecule has 1 amide bonds. The highest BCUT2D eigenvalue weighted by Crippen LogP contribution is 2.19. The number of nitrogens with zero attached hydrogens (tertiary/aromatic N) is 1. The molecule has 0 saturated carbocycles. The predicted molar refractivity (Wildman–Crippen MR) is 96.6 cm³/mol. The molecule has 0 aliphatic heterocycles. The Balaban J connectivity index is 1.74. The molecule has 3 rings (SSSR count). The van der Waals surface area contributed by atoms with Gasteiger partial charge >= 0.3 is 0 Å². The monoisotopic (exact) mass is 336 g/mol. The summed E-state index contributed by atoms with van der Waals surface area (Å²) in [7, 11) is 3.28. The minimum absolute atomic E-state index is 0.204. The molecule has 0 aliphatic rings. The number of amides is 1. The molecule has 1 heterocycles. The van der Waals surface area contributed by atoms with E-state index in [4.69, 9.17) is 9.47 Å². The van der Waals surface area contributed by atoms with Gasteiger partial charge in [-0.1, -0.05) is 30.3 Å². The van der Waals surface area contributed by atoms with Crippen molar-refractivity contribution >= 4 is 16.8 Å². The van der Waals surface area contributed by atoms with Gasteiger partial charge in [-0.2, -0.15) is 0 Å². The number of carbonyl (C=O) groups excluding carboxylic acids is 1. The van der Waals surface area contributed by atoms with Gasteiger partial charge in [0.1, 0.15) is 11.4 Å². The first-order chi connectivity index (χ1) is 12.2. The van der Waals surface area contributed by atoms with Crippen LogP contribution in [-0.2, 0) is 17.9 Å². The first kappa shape index (κ1) is 16.9. The summed E-state index contributed by atoms with van der Waals surface area (Å²) < 4.78 is 10.4. The van der Waals surface area contributed by atoms with Gasteiger partial charge in [0.2, 0.25) is 0 Å². The molecule has 0 radical (unpaired) electrons. The van der Waals surface area contributed by atoms with Gasteiger partial charge in [-0.15, -0.1) is 0 Å². The predicted octanol–water partition coefficient (Wildman–Crippen LogP) is 3.32. The zero-order chi connectivity index (χ0) is 17.6. The molecule has 5 nitrogen and oxygen atoms in total. The normalized spacial score (nSPS) is 10.6. The Morgan fingerprint density at radius 2 is 1.84 bits per heavy atom. The van der Waals surface area contributed by atoms with Crippen LogP contribution in [0.4, 0.5) is 0 Å². The molecule has 0 spiro atoms. The Labute approximate surface area is 146 Å². The maximum Gasteiger partial charge on any atom is 0.270 e. The Hall–Kier alpha value is -2.92. The highest BCUT2D eigenvalue weighted by atomic mass is 16.5. The van der Waals surface area contributed by atoms with E-state index in [1.165, 1.54) is 0 Å². The van der Waals surface area contributed by atoms with Crippen molar-refractivity contribution in [2.24, 2.45) is 0 Å². The van der Waals surface area contributed by atoms with E-state index < -0.39 is 0 Å². The average Bonchev–Trinajstić information content (AvgIpc) is 2.66. The van der Waals surface area contributed by atoms with Crippen molar-refractivity contribution in [3.63, 3.8) is 0 Å². The second kappa shape index (κ2) is 7.77. The number of methoxy groups -OCH3 is 2. The summed E-state index contributed by atoms with van der Waals surface area (Å²) in [5, 5.41) is 3.85. The lowest BCUT2D eigenvalue weighted by Gasteiger charge is -2.10. The van der Waals surface area contributed by atoms with Crippen LogP contribution in [0.15, 0.2) is 54.6 Å². The van der Waals surface area contributed by atoms with Crippen LogP contribution >= 0.6 is 0 Å². The van der Waals surface area contributed by atoms with E-state index in [1.807, 2.05) is 48.5 Å². The fraction of sp³-hybridized carbons (Fsp3) is 0.200. The van der Waals surface area contributed by atoms with E-state index in [2.05, 4.69) is 10.3 Å². The van der Waals surface area contributed by atoms with Crippen LogP contribution in [0.5, 0.6) is 5.75 Å². The number of rotatable bonds is 6. The molecule has 5 heteroatoms. The van der Waals surface area contributed by atoms with E-state index in [0.717, 1.165) is 27.8 Å². The van der Waals surface area contributed by atoms with Gasteiger partial charge in [0.15, 0.2) is 0 Å². The van der Waals surface area contributed by atoms with Crippen LogP contribution < -0.4 is 10.1 Å². The van der Waals surface area contributed by atoms with Crippen molar-refractivity contribution in [1.82, 2.24) is 10.3 Å². The number of hydrogen-bond acceptors (Lipinski definition) is 4. The lowest BCUT2D eigenvalue weighted by atomic mass is 10.1. The van der Waals surface area contributed by atoms with E-state index in [-0.39, 0.29) is 5.91 Å². The van der Waals surface area contributed by atoms with Crippen LogP contribution in [-0.4, -0.2) is 25.1 Å². The summed E-state index contributed by atoms with van der Waals surface area (Å²) in [5.74, 6) is 0.561. The Morgan fingerprint density at radius 1 is 1.04 bits per heavy atom. The minimum atomic E-state index is -0.204. The number of hydrogen-bond donors (Lipinski definition) is 1. The highest BCUT2D eigenvalue weighted by molar-refractivity contribution is 5.95. The van der Waals surface area contributed by atoms with Crippen molar-refractivity contribution in [1.29, 1.82) is 0 Å². The molecule has 0 fully saturated rings. The molecule has 1 N–H and O–H groups in total. The van der Waals surface area contributed by atoms with Crippen molar-refractivity contribution in [3.8, 4) is 5.75 Å². The molecule has 128 valence electrons. The zero-order valence-corrected chi connectivity index (χ0v) is 14.3. The molecule has 25 heavy (non-hydrogen) atoms. The van der Waals surface area contributed by atoms with Crippen LogP contribution in [0.3, 0.4) is 0 Å². The van der Waals surface area contributed by atoms with Gasteiger partial charge in [0.05, 0.1) is 19.2 Å². The molecule has 0 aliphatic carbocycles. The standard InChI is InChI=1S/C20H20N2O3/c1-24-13-16-6-4-3-5-15(16)12-21-20(23)19-9-7-14-11-17(25-2)8-10-18(14)22-19/h3-11H,12-13H2,1-2H3,(H,21,23). The van der Waals surface area contributed by atoms with E-state index in [9.17, 15) is 4.79 Å². The van der Waals surface area contributed by atoms with Crippen LogP contribution in [0.2, 0.25) is 0 Å². The quantitative estimate of drug-likeness (QED) is 0.750. The first-order valence-corrected chi connectivity index (χ1v) is 8.00. The second-order valence-electron chi connectivity index (χ2n) is 5.64. The molecule has 1 aromatic heterocycles. The number of nitrogens with one attached hydrogen (secondary N) is 1. The van der Waals surface area contributed by atoms with Gasteiger partial charge in [-0.05, 0) is 35.4 Å². The van der Waals surface area contributed by atoms with Gasteiger partial charge in [0.25, 0.3) is 5.91 Å². The number of pyridine rings is 1. The van der Waals surface area contributed by atoms with Crippen LogP contribution in [0.25, 0.3) is 10.9 Å². The molecule has 0 unspecified atom stereocenters. The molecular weight excluding hydrogens is 316 g/mol. The molecular formula is C20H20N2O3. The Bertz CT molecular complexity index is 893. The number of fused-ring (bicyclic) bond motifs is 1. The van der Waals surface area contributed by atoms with Gasteiger partial charge in [-0.25, -0.2) is 4.98 Å². The second-order valence-corrected chi connectivity index (χ2v) is 5.64. The fourth-order valence-corrected chi connectivity index (χ4v) is 2.65. The maximum atomic E-state index is 12.4. The number of benzene rings is 2. The molecule has 0 atom stereocenters. The van der Waals surface area contributed by atoms with Crippen LogP contribution in [0, 0.1) is 0 Å². The smallest absolute Gasteiger partial charge is 0.270 e. The summed E-state index contributed by atoms with van der Waals surface area (Å²) >= 11 is 0. The third-order valence-electron chi connectivity index (χ3n) is 3.99. The summed E-state index contributed by atoms with van der Waals surface area (Å²) in [6, 6.07) is 17.0. The fourth-order valence-electron chi connectivity index (χ4n) is 2.65. The van der Waals surface area contributed by atoms with Crippen molar-refractivity contribution < 1.29 is 14.3 Å². The van der Waals surface area contributed by atoms with Gasteiger partial charge in [0, 0.05) is 19.0 Å². The average molecular weight is 336 g/mol. The van der Waals surface area contributed by atoms with Gasteiger partial charge < -0.3 is 14.8 Å². The van der Waals surface area contributed by atoms with E-state index >= 15 is 0 Å². The highest BCUT2D eigenvalue weighted by Gasteiger charge is 2.10. The molecule has 0 saturated heterocycles. The third kappa shape index (κ3) is 3.95. The molecule has 3 aromatic rings. The topological polar surface area (TPSA) is 60.5 Å². The number of ether oxygens (including phenoxy) is 2. The first-order valence-electron chi connectivity index (χ1n) is 8.00. The SMILES string of the molecule is COCc1ccccc1CNC(=O)c1ccc2cc(OC)ccc2n1. The minimum Gasteiger partial charge on any atom is -0.497 e. The summed E-state index contributed by atoms with van der Waals surface area (Å²) in [6.45, 7) is 0.947. The summed E-state index contributed by atoms with van der Waals surface area (Å²) in [4.78, 5) is 16.9. The lowest BCUT2D eigenvalue weighted by Crippen LogP contribution is -2.24. The number of carbonyl (C=O) groups is 1. The number of aromatic nitrogens is 1. The maximum absolute atomic E-state index is 12.4. The molecule has 2 aromatic carbocycles. The summed E-state index contributed by atoms with van der Waals surface area (Å²) in [6.07, 6.45) is 0. The lowest BCUT2D eigenvalue weighted by molar-refractivity contribution is 0.0946. The van der Waals surface area contributed by atoms with Crippen molar-refractivity contribution in [2.45, 2.75) is 13.2 Å². The van der Waals surface area contributed by atoms with Crippen molar-refractivity contribution in [2.75, 3.05) is 14.2 Å². The molecule has 0 bridgehead atoms. The van der Waals surface area contributed by atoms with Gasteiger partial charge in [-0.3, -0.25) is 4.79 Å². The zero-order valence-electron chi connectivity index (χ0n) is 14.3. The van der Waals surface area contributed by atoms with E-state index in [1.54, 1.807) is 20.3 Å². The largest absolute Gasteiger partial charge is 0.497 e. The van der Waals surface area contributed by atoms with Crippen molar-refractivity contribution in [3.05, 3.63) is 71.4 Å². The van der Waals surface area contributed by atoms with Crippen LogP contribution in [0.1, 0.15) is 21.6 Å². The Morgan fingerprint density at radius 3 is 2.60 bits per heavy atom. The Kier molecular flexibility index (Phi) is 5.26. The van der Waals surface area contributed by atoms with E-state index in [0.29, 0.717) is 18.8 Å². The summed E-state index contributed by atoms with van der Waals surface area (Å²) in [5.41, 5.74) is 3.24.